The predicted octanol–water partition coefficient (Wildman–Crippen LogP) is 0.152. The molecular formula is C12H21NO6. The van der Waals surface area contributed by atoms with Gasteiger partial charge >= 0.3 is 17.9 Å². The van der Waals surface area contributed by atoms with Gasteiger partial charge < -0.3 is 19.9 Å². The summed E-state index contributed by atoms with van der Waals surface area (Å²) >= 11 is 0. The summed E-state index contributed by atoms with van der Waals surface area (Å²) in [5, 5.41) is 0. The maximum absolute atomic E-state index is 12.0. The van der Waals surface area contributed by atoms with Crippen molar-refractivity contribution in [3.8, 4) is 0 Å². The monoisotopic (exact) mass is 275 g/mol. The van der Waals surface area contributed by atoms with E-state index in [2.05, 4.69) is 9.47 Å². The fourth-order valence-electron chi connectivity index (χ4n) is 1.24. The highest BCUT2D eigenvalue weighted by molar-refractivity contribution is 6.05. The van der Waals surface area contributed by atoms with Gasteiger partial charge in [-0.05, 0) is 27.2 Å². The molecule has 7 nitrogen and oxygen atoms in total. The topological polar surface area (TPSA) is 105 Å². The third kappa shape index (κ3) is 5.25. The molecule has 0 aromatic rings. The Morgan fingerprint density at radius 2 is 1.53 bits per heavy atom. The first kappa shape index (κ1) is 17.4. The van der Waals surface area contributed by atoms with E-state index in [1.165, 1.54) is 7.11 Å². The summed E-state index contributed by atoms with van der Waals surface area (Å²) in [7, 11) is 2.30. The lowest BCUT2D eigenvalue weighted by atomic mass is 9.94. The number of hydrogen-bond donors (Lipinski definition) is 1. The van der Waals surface area contributed by atoms with Gasteiger partial charge in [-0.3, -0.25) is 4.79 Å². The number of esters is 3. The van der Waals surface area contributed by atoms with Gasteiger partial charge in [0.2, 0.25) is 5.54 Å². The summed E-state index contributed by atoms with van der Waals surface area (Å²) in [6, 6.07) is 0. The summed E-state index contributed by atoms with van der Waals surface area (Å²) in [4.78, 5) is 34.7. The van der Waals surface area contributed by atoms with Crippen LogP contribution < -0.4 is 5.73 Å². The fraction of sp³-hybridized carbons (Fsp3) is 0.750. The van der Waals surface area contributed by atoms with Crippen LogP contribution in [0.1, 0.15) is 33.6 Å². The average molecular weight is 275 g/mol. The highest BCUT2D eigenvalue weighted by Crippen LogP contribution is 2.19. The highest BCUT2D eigenvalue weighted by Gasteiger charge is 2.46. The third-order valence-electron chi connectivity index (χ3n) is 2.26. The second-order valence-electron chi connectivity index (χ2n) is 5.04. The Kier molecular flexibility index (Phi) is 5.95. The third-order valence-corrected chi connectivity index (χ3v) is 2.26. The maximum Gasteiger partial charge on any atom is 0.338 e. The number of carbonyl (C=O) groups is 3. The van der Waals surface area contributed by atoms with Crippen molar-refractivity contribution in [1.29, 1.82) is 0 Å². The van der Waals surface area contributed by atoms with Gasteiger partial charge in [0.1, 0.15) is 5.60 Å². The summed E-state index contributed by atoms with van der Waals surface area (Å²) < 4.78 is 14.0. The molecule has 0 radical (unpaired) electrons. The number of methoxy groups -OCH3 is 2. The highest BCUT2D eigenvalue weighted by atomic mass is 16.6. The van der Waals surface area contributed by atoms with Crippen LogP contribution in [0, 0.1) is 0 Å². The molecule has 7 heteroatoms. The van der Waals surface area contributed by atoms with Crippen molar-refractivity contribution in [2.24, 2.45) is 5.73 Å². The summed E-state index contributed by atoms with van der Waals surface area (Å²) in [5.41, 5.74) is 2.93. The number of carbonyl (C=O) groups excluding carboxylic acids is 3. The molecule has 0 heterocycles. The number of hydrogen-bond acceptors (Lipinski definition) is 7. The van der Waals surface area contributed by atoms with E-state index in [1.807, 2.05) is 0 Å². The van der Waals surface area contributed by atoms with Crippen LogP contribution in [0.15, 0.2) is 0 Å². The van der Waals surface area contributed by atoms with Gasteiger partial charge in [-0.1, -0.05) is 0 Å². The standard InChI is InChI=1S/C12H21NO6/c1-11(2,3)19-10(16)12(13,9(15)18-5)7-6-8(14)17-4/h6-7,13H2,1-5H3. The van der Waals surface area contributed by atoms with E-state index in [4.69, 9.17) is 10.5 Å². The Bertz CT molecular complexity index is 360. The van der Waals surface area contributed by atoms with Crippen LogP contribution in [0.4, 0.5) is 0 Å². The van der Waals surface area contributed by atoms with Gasteiger partial charge in [0.05, 0.1) is 14.2 Å². The number of nitrogens with two attached hydrogens (primary N) is 1. The van der Waals surface area contributed by atoms with Crippen molar-refractivity contribution < 1.29 is 28.6 Å². The van der Waals surface area contributed by atoms with E-state index in [-0.39, 0.29) is 12.8 Å². The first-order valence-corrected chi connectivity index (χ1v) is 5.74. The molecule has 0 aliphatic heterocycles. The van der Waals surface area contributed by atoms with Crippen LogP contribution in [0.5, 0.6) is 0 Å². The molecule has 0 aromatic carbocycles. The summed E-state index contributed by atoms with van der Waals surface area (Å²) in [6.45, 7) is 4.93. The van der Waals surface area contributed by atoms with Gasteiger partial charge in [-0.25, -0.2) is 9.59 Å². The lowest BCUT2D eigenvalue weighted by molar-refractivity contribution is -0.171. The molecule has 19 heavy (non-hydrogen) atoms. The van der Waals surface area contributed by atoms with Crippen molar-refractivity contribution in [2.45, 2.75) is 44.8 Å². The molecule has 0 spiro atoms. The molecule has 110 valence electrons. The molecule has 0 saturated carbocycles. The van der Waals surface area contributed by atoms with E-state index in [1.54, 1.807) is 20.8 Å². The van der Waals surface area contributed by atoms with Crippen LogP contribution in [0.25, 0.3) is 0 Å². The molecular weight excluding hydrogens is 254 g/mol. The Hall–Kier alpha value is -1.63. The molecule has 0 amide bonds. The van der Waals surface area contributed by atoms with Crippen molar-refractivity contribution >= 4 is 17.9 Å². The van der Waals surface area contributed by atoms with Crippen LogP contribution in [-0.2, 0) is 28.6 Å². The smallest absolute Gasteiger partial charge is 0.338 e. The Labute approximate surface area is 112 Å². The van der Waals surface area contributed by atoms with Crippen molar-refractivity contribution in [3.63, 3.8) is 0 Å². The first-order valence-electron chi connectivity index (χ1n) is 5.74. The summed E-state index contributed by atoms with van der Waals surface area (Å²) in [6.07, 6.45) is -0.442. The van der Waals surface area contributed by atoms with E-state index < -0.39 is 29.0 Å². The van der Waals surface area contributed by atoms with Crippen LogP contribution >= 0.6 is 0 Å². The second-order valence-corrected chi connectivity index (χ2v) is 5.04. The zero-order chi connectivity index (χ0) is 15.3. The Morgan fingerprint density at radius 3 is 1.89 bits per heavy atom. The van der Waals surface area contributed by atoms with Crippen LogP contribution in [0.2, 0.25) is 0 Å². The van der Waals surface area contributed by atoms with E-state index in [0.717, 1.165) is 7.11 Å². The zero-order valence-electron chi connectivity index (χ0n) is 11.9. The zero-order valence-corrected chi connectivity index (χ0v) is 11.9. The molecule has 0 aromatic heterocycles. The molecule has 0 rings (SSSR count). The minimum atomic E-state index is -2.02. The van der Waals surface area contributed by atoms with Gasteiger partial charge in [0.15, 0.2) is 0 Å². The van der Waals surface area contributed by atoms with Crippen molar-refractivity contribution in [1.82, 2.24) is 0 Å². The van der Waals surface area contributed by atoms with E-state index >= 15 is 0 Å². The Morgan fingerprint density at radius 1 is 1.00 bits per heavy atom. The van der Waals surface area contributed by atoms with Gasteiger partial charge in [-0.15, -0.1) is 0 Å². The lowest BCUT2D eigenvalue weighted by Gasteiger charge is -2.28. The number of ether oxygens (including phenoxy) is 3. The minimum absolute atomic E-state index is 0.193. The lowest BCUT2D eigenvalue weighted by Crippen LogP contribution is -2.57. The summed E-state index contributed by atoms with van der Waals surface area (Å²) in [5.74, 6) is -2.47. The molecule has 0 aliphatic carbocycles. The second kappa shape index (κ2) is 6.51. The largest absolute Gasteiger partial charge is 0.469 e. The number of rotatable bonds is 5. The quantitative estimate of drug-likeness (QED) is 0.432. The average Bonchev–Trinajstić information content (AvgIpc) is 2.31. The fourth-order valence-corrected chi connectivity index (χ4v) is 1.24. The predicted molar refractivity (Wildman–Crippen MR) is 66.0 cm³/mol. The molecule has 1 atom stereocenters. The van der Waals surface area contributed by atoms with Gasteiger partial charge in [0.25, 0.3) is 0 Å². The van der Waals surface area contributed by atoms with E-state index in [0.29, 0.717) is 0 Å². The van der Waals surface area contributed by atoms with E-state index in [9.17, 15) is 14.4 Å². The Balaban J connectivity index is 5.02. The van der Waals surface area contributed by atoms with Crippen LogP contribution in [0.3, 0.4) is 0 Å². The van der Waals surface area contributed by atoms with Gasteiger partial charge in [-0.2, -0.15) is 0 Å². The molecule has 0 aliphatic rings. The van der Waals surface area contributed by atoms with Crippen molar-refractivity contribution in [3.05, 3.63) is 0 Å². The van der Waals surface area contributed by atoms with Crippen LogP contribution in [-0.4, -0.2) is 43.3 Å². The molecule has 1 unspecified atom stereocenters. The molecule has 0 bridgehead atoms. The van der Waals surface area contributed by atoms with Crippen molar-refractivity contribution in [2.75, 3.05) is 14.2 Å². The maximum atomic E-state index is 12.0. The van der Waals surface area contributed by atoms with Gasteiger partial charge in [0, 0.05) is 6.42 Å². The molecule has 2 N–H and O–H groups in total. The molecule has 0 fully saturated rings. The SMILES string of the molecule is COC(=O)CCC(N)(C(=O)OC)C(=O)OC(C)(C)C. The molecule has 0 saturated heterocycles. The normalized spacial score (nSPS) is 14.2. The minimum Gasteiger partial charge on any atom is -0.469 e. The first-order chi connectivity index (χ1) is 8.56.